The van der Waals surface area contributed by atoms with Gasteiger partial charge in [0, 0.05) is 29.8 Å². The second-order valence-corrected chi connectivity index (χ2v) is 6.99. The monoisotopic (exact) mass is 367 g/mol. The second-order valence-electron chi connectivity index (χ2n) is 6.99. The normalized spacial score (nSPS) is 11.0. The topological polar surface area (TPSA) is 76.2 Å². The molecule has 0 fully saturated rings. The van der Waals surface area contributed by atoms with Crippen molar-refractivity contribution in [3.8, 4) is 22.9 Å². The number of aryl methyl sites for hydroxylation is 1. The lowest BCUT2D eigenvalue weighted by atomic mass is 10.1. The first kappa shape index (κ1) is 18.8. The van der Waals surface area contributed by atoms with E-state index in [9.17, 15) is 4.79 Å². The van der Waals surface area contributed by atoms with Crippen LogP contribution in [0.15, 0.2) is 30.3 Å². The fourth-order valence-electron chi connectivity index (χ4n) is 2.95. The maximum Gasteiger partial charge on any atom is 0.224 e. The number of ether oxygens (including phenoxy) is 2. The number of amides is 1. The summed E-state index contributed by atoms with van der Waals surface area (Å²) in [5, 5.41) is 3.00. The van der Waals surface area contributed by atoms with Crippen LogP contribution in [0.3, 0.4) is 0 Å². The first-order chi connectivity index (χ1) is 12.9. The number of aromatic amines is 1. The summed E-state index contributed by atoms with van der Waals surface area (Å²) >= 11 is 0. The highest BCUT2D eigenvalue weighted by Crippen LogP contribution is 2.33. The molecule has 1 aromatic heterocycles. The van der Waals surface area contributed by atoms with Gasteiger partial charge < -0.3 is 19.8 Å². The maximum absolute atomic E-state index is 12.1. The number of hydrogen-bond donors (Lipinski definition) is 2. The Labute approximate surface area is 158 Å². The molecule has 142 valence electrons. The minimum absolute atomic E-state index is 0.0179. The zero-order chi connectivity index (χ0) is 19.6. The summed E-state index contributed by atoms with van der Waals surface area (Å²) in [5.74, 6) is 2.33. The Morgan fingerprint density at radius 3 is 2.52 bits per heavy atom. The molecular weight excluding hydrogens is 342 g/mol. The molecule has 0 spiro atoms. The van der Waals surface area contributed by atoms with Crippen molar-refractivity contribution < 1.29 is 14.3 Å². The molecule has 0 saturated heterocycles. The number of nitrogens with zero attached hydrogens (tertiary/aromatic N) is 1. The number of anilines is 1. The van der Waals surface area contributed by atoms with Crippen LogP contribution in [0.2, 0.25) is 0 Å². The van der Waals surface area contributed by atoms with Gasteiger partial charge in [-0.2, -0.15) is 0 Å². The maximum atomic E-state index is 12.1. The standard InChI is InChI=1S/C21H25N3O3/c1-12(2)8-20(25)22-15-9-14(7-6-13(15)3)21-23-16-10-18(26-4)19(27-5)11-17(16)24-21/h6-7,9-12H,8H2,1-5H3,(H,22,25)(H,23,24). The number of carbonyl (C=O) groups excluding carboxylic acids is 1. The van der Waals surface area contributed by atoms with Gasteiger partial charge in [0.25, 0.3) is 0 Å². The Bertz CT molecular complexity index is 935. The second kappa shape index (κ2) is 7.70. The Kier molecular flexibility index (Phi) is 5.35. The van der Waals surface area contributed by atoms with Gasteiger partial charge in [-0.05, 0) is 24.5 Å². The summed E-state index contributed by atoms with van der Waals surface area (Å²) in [6, 6.07) is 9.62. The Morgan fingerprint density at radius 2 is 1.85 bits per heavy atom. The average molecular weight is 367 g/mol. The molecular formula is C21H25N3O3. The van der Waals surface area contributed by atoms with Crippen LogP contribution in [0, 0.1) is 12.8 Å². The van der Waals surface area contributed by atoms with Gasteiger partial charge in [0.1, 0.15) is 5.82 Å². The molecule has 0 atom stereocenters. The fourth-order valence-corrected chi connectivity index (χ4v) is 2.95. The highest BCUT2D eigenvalue weighted by Gasteiger charge is 2.13. The Hall–Kier alpha value is -3.02. The number of rotatable bonds is 6. The van der Waals surface area contributed by atoms with Crippen LogP contribution in [0.5, 0.6) is 11.5 Å². The molecule has 0 unspecified atom stereocenters. The molecule has 1 heterocycles. The Morgan fingerprint density at radius 1 is 1.15 bits per heavy atom. The van der Waals surface area contributed by atoms with Crippen molar-refractivity contribution in [3.05, 3.63) is 35.9 Å². The van der Waals surface area contributed by atoms with Gasteiger partial charge >= 0.3 is 0 Å². The average Bonchev–Trinajstić information content (AvgIpc) is 3.04. The van der Waals surface area contributed by atoms with Crippen LogP contribution in [0.1, 0.15) is 25.8 Å². The molecule has 3 aromatic rings. The van der Waals surface area contributed by atoms with Crippen LogP contribution in [0.4, 0.5) is 5.69 Å². The summed E-state index contributed by atoms with van der Waals surface area (Å²) in [5.41, 5.74) is 4.35. The van der Waals surface area contributed by atoms with Crippen LogP contribution < -0.4 is 14.8 Å². The zero-order valence-corrected chi connectivity index (χ0v) is 16.3. The predicted molar refractivity (Wildman–Crippen MR) is 107 cm³/mol. The highest BCUT2D eigenvalue weighted by molar-refractivity contribution is 5.92. The molecule has 0 saturated carbocycles. The first-order valence-corrected chi connectivity index (χ1v) is 8.94. The number of nitrogens with one attached hydrogen (secondary N) is 2. The number of hydrogen-bond acceptors (Lipinski definition) is 4. The highest BCUT2D eigenvalue weighted by atomic mass is 16.5. The van der Waals surface area contributed by atoms with Crippen LogP contribution in [-0.4, -0.2) is 30.1 Å². The van der Waals surface area contributed by atoms with E-state index in [2.05, 4.69) is 15.3 Å². The summed E-state index contributed by atoms with van der Waals surface area (Å²) in [6.45, 7) is 6.03. The number of aromatic nitrogens is 2. The van der Waals surface area contributed by atoms with Crippen molar-refractivity contribution in [1.29, 1.82) is 0 Å². The van der Waals surface area contributed by atoms with Crippen molar-refractivity contribution >= 4 is 22.6 Å². The van der Waals surface area contributed by atoms with Gasteiger partial charge in [0.2, 0.25) is 5.91 Å². The minimum atomic E-state index is 0.0179. The summed E-state index contributed by atoms with van der Waals surface area (Å²) in [4.78, 5) is 20.1. The first-order valence-electron chi connectivity index (χ1n) is 8.94. The van der Waals surface area contributed by atoms with Gasteiger partial charge in [0.05, 0.1) is 25.3 Å². The number of imidazole rings is 1. The number of fused-ring (bicyclic) bond motifs is 1. The number of methoxy groups -OCH3 is 2. The third-order valence-electron chi connectivity index (χ3n) is 4.37. The van der Waals surface area contributed by atoms with Gasteiger partial charge in [-0.1, -0.05) is 26.0 Å². The van der Waals surface area contributed by atoms with E-state index in [0.717, 1.165) is 33.7 Å². The number of H-pyrrole nitrogens is 1. The van der Waals surface area contributed by atoms with Crippen LogP contribution in [-0.2, 0) is 4.79 Å². The molecule has 0 bridgehead atoms. The smallest absolute Gasteiger partial charge is 0.224 e. The summed E-state index contributed by atoms with van der Waals surface area (Å²) in [6.07, 6.45) is 0.494. The van der Waals surface area contributed by atoms with E-state index in [1.807, 2.05) is 51.1 Å². The molecule has 27 heavy (non-hydrogen) atoms. The number of benzene rings is 2. The quantitative estimate of drug-likeness (QED) is 0.671. The van der Waals surface area contributed by atoms with Crippen molar-refractivity contribution in [3.63, 3.8) is 0 Å². The SMILES string of the molecule is COc1cc2nc(-c3ccc(C)c(NC(=O)CC(C)C)c3)[nH]c2cc1OC. The molecule has 2 N–H and O–H groups in total. The number of carbonyl (C=O) groups is 1. The molecule has 3 rings (SSSR count). The molecule has 2 aromatic carbocycles. The van der Waals surface area contributed by atoms with Gasteiger partial charge in [-0.25, -0.2) is 4.98 Å². The minimum Gasteiger partial charge on any atom is -0.493 e. The third kappa shape index (κ3) is 4.05. The molecule has 0 aliphatic heterocycles. The van der Waals surface area contributed by atoms with Crippen molar-refractivity contribution in [2.24, 2.45) is 5.92 Å². The van der Waals surface area contributed by atoms with E-state index in [4.69, 9.17) is 9.47 Å². The van der Waals surface area contributed by atoms with E-state index < -0.39 is 0 Å². The molecule has 6 nitrogen and oxygen atoms in total. The van der Waals surface area contributed by atoms with Crippen LogP contribution >= 0.6 is 0 Å². The van der Waals surface area contributed by atoms with E-state index in [1.54, 1.807) is 14.2 Å². The molecule has 6 heteroatoms. The van der Waals surface area contributed by atoms with Gasteiger partial charge in [-0.15, -0.1) is 0 Å². The van der Waals surface area contributed by atoms with Crippen molar-refractivity contribution in [2.75, 3.05) is 19.5 Å². The lowest BCUT2D eigenvalue weighted by Gasteiger charge is -2.11. The third-order valence-corrected chi connectivity index (χ3v) is 4.37. The lowest BCUT2D eigenvalue weighted by molar-refractivity contribution is -0.116. The lowest BCUT2D eigenvalue weighted by Crippen LogP contribution is -2.14. The van der Waals surface area contributed by atoms with E-state index in [1.165, 1.54) is 0 Å². The van der Waals surface area contributed by atoms with Gasteiger partial charge in [-0.3, -0.25) is 4.79 Å². The molecule has 0 aliphatic rings. The fraction of sp³-hybridized carbons (Fsp3) is 0.333. The molecule has 0 radical (unpaired) electrons. The molecule has 1 amide bonds. The summed E-state index contributed by atoms with van der Waals surface area (Å²) in [7, 11) is 3.20. The van der Waals surface area contributed by atoms with Crippen LogP contribution in [0.25, 0.3) is 22.4 Å². The Balaban J connectivity index is 1.96. The van der Waals surface area contributed by atoms with Crippen molar-refractivity contribution in [1.82, 2.24) is 9.97 Å². The zero-order valence-electron chi connectivity index (χ0n) is 16.3. The van der Waals surface area contributed by atoms with Gasteiger partial charge in [0.15, 0.2) is 11.5 Å². The van der Waals surface area contributed by atoms with Crippen molar-refractivity contribution in [2.45, 2.75) is 27.2 Å². The van der Waals surface area contributed by atoms with E-state index >= 15 is 0 Å². The molecule has 0 aliphatic carbocycles. The predicted octanol–water partition coefficient (Wildman–Crippen LogP) is 4.54. The van der Waals surface area contributed by atoms with E-state index in [-0.39, 0.29) is 5.91 Å². The summed E-state index contributed by atoms with van der Waals surface area (Å²) < 4.78 is 10.7. The largest absolute Gasteiger partial charge is 0.493 e. The van der Waals surface area contributed by atoms with E-state index in [0.29, 0.717) is 23.8 Å².